The summed E-state index contributed by atoms with van der Waals surface area (Å²) in [6.45, 7) is 5.03. The molecule has 1 N–H and O–H groups in total. The van der Waals surface area contributed by atoms with Crippen LogP contribution in [0.5, 0.6) is 5.75 Å². The van der Waals surface area contributed by atoms with Gasteiger partial charge < -0.3 is 19.4 Å². The molecule has 1 saturated heterocycles. The fourth-order valence-corrected chi connectivity index (χ4v) is 2.82. The van der Waals surface area contributed by atoms with Crippen LogP contribution >= 0.6 is 12.4 Å². The van der Waals surface area contributed by atoms with Crippen LogP contribution in [0.1, 0.15) is 5.56 Å². The van der Waals surface area contributed by atoms with Gasteiger partial charge in [0.05, 0.1) is 12.2 Å². The van der Waals surface area contributed by atoms with Gasteiger partial charge in [0.25, 0.3) is 6.01 Å². The molecule has 1 aliphatic rings. The lowest BCUT2D eigenvalue weighted by molar-refractivity contribution is 0.261. The van der Waals surface area contributed by atoms with E-state index in [1.54, 1.807) is 18.6 Å². The zero-order valence-electron chi connectivity index (χ0n) is 13.9. The number of fused-ring (bicyclic) bond motifs is 1. The molecule has 1 fully saturated rings. The number of halogens is 1. The zero-order chi connectivity index (χ0) is 16.4. The van der Waals surface area contributed by atoms with Gasteiger partial charge in [-0.3, -0.25) is 4.98 Å². The maximum atomic E-state index is 5.93. The van der Waals surface area contributed by atoms with Gasteiger partial charge in [-0.05, 0) is 30.7 Å². The maximum Gasteiger partial charge on any atom is 0.300 e. The monoisotopic (exact) mass is 361 g/mol. The number of hydrogen-bond acceptors (Lipinski definition) is 7. The van der Waals surface area contributed by atoms with Gasteiger partial charge >= 0.3 is 0 Å². The average molecular weight is 362 g/mol. The molecule has 3 aromatic heterocycles. The number of pyridine rings is 2. The van der Waals surface area contributed by atoms with Gasteiger partial charge in [0.15, 0.2) is 5.58 Å². The summed E-state index contributed by atoms with van der Waals surface area (Å²) in [4.78, 5) is 15.1. The molecule has 0 amide bonds. The van der Waals surface area contributed by atoms with Crippen molar-refractivity contribution in [1.29, 1.82) is 0 Å². The Morgan fingerprint density at radius 3 is 3.16 bits per heavy atom. The Labute approximate surface area is 151 Å². The molecule has 0 saturated carbocycles. The van der Waals surface area contributed by atoms with Crippen LogP contribution in [0.4, 0.5) is 6.01 Å². The van der Waals surface area contributed by atoms with Gasteiger partial charge in [-0.2, -0.15) is 4.98 Å². The van der Waals surface area contributed by atoms with E-state index >= 15 is 0 Å². The predicted octanol–water partition coefficient (Wildman–Crippen LogP) is 2.21. The van der Waals surface area contributed by atoms with Crippen LogP contribution in [0.2, 0.25) is 0 Å². The molecule has 1 atom stereocenters. The van der Waals surface area contributed by atoms with Crippen molar-refractivity contribution in [3.8, 4) is 5.75 Å². The second kappa shape index (κ2) is 7.67. The lowest BCUT2D eigenvalue weighted by Crippen LogP contribution is -2.54. The zero-order valence-corrected chi connectivity index (χ0v) is 14.7. The number of nitrogens with zero attached hydrogens (tertiary/aromatic N) is 4. The number of piperazine rings is 1. The first kappa shape index (κ1) is 17.4. The minimum Gasteiger partial charge on any atom is -0.490 e. The third kappa shape index (κ3) is 3.83. The van der Waals surface area contributed by atoms with Crippen LogP contribution in [-0.4, -0.2) is 47.2 Å². The fourth-order valence-electron chi connectivity index (χ4n) is 2.82. The van der Waals surface area contributed by atoms with Gasteiger partial charge in [-0.1, -0.05) is 0 Å². The van der Waals surface area contributed by atoms with Crippen molar-refractivity contribution in [3.05, 3.63) is 42.4 Å². The first-order valence-electron chi connectivity index (χ1n) is 8.03. The second-order valence-corrected chi connectivity index (χ2v) is 5.88. The Hall–Kier alpha value is -2.38. The topological polar surface area (TPSA) is 76.3 Å². The minimum absolute atomic E-state index is 0. The quantitative estimate of drug-likeness (QED) is 0.763. The van der Waals surface area contributed by atoms with Gasteiger partial charge in [0.2, 0.25) is 5.65 Å². The van der Waals surface area contributed by atoms with E-state index in [2.05, 4.69) is 25.2 Å². The van der Waals surface area contributed by atoms with E-state index in [1.807, 2.05) is 25.1 Å². The van der Waals surface area contributed by atoms with Crippen LogP contribution in [-0.2, 0) is 0 Å². The van der Waals surface area contributed by atoms with Gasteiger partial charge in [0.1, 0.15) is 12.4 Å². The van der Waals surface area contributed by atoms with Crippen molar-refractivity contribution in [3.63, 3.8) is 0 Å². The third-order valence-electron chi connectivity index (χ3n) is 4.05. The number of aryl methyl sites for hydroxylation is 1. The summed E-state index contributed by atoms with van der Waals surface area (Å²) >= 11 is 0. The summed E-state index contributed by atoms with van der Waals surface area (Å²) in [5, 5.41) is 3.39. The molecule has 4 rings (SSSR count). The molecule has 1 unspecified atom stereocenters. The molecule has 0 aromatic carbocycles. The predicted molar refractivity (Wildman–Crippen MR) is 97.5 cm³/mol. The molecule has 25 heavy (non-hydrogen) atoms. The maximum absolute atomic E-state index is 5.93. The molecule has 0 bridgehead atoms. The highest BCUT2D eigenvalue weighted by Gasteiger charge is 2.27. The van der Waals surface area contributed by atoms with E-state index in [0.29, 0.717) is 18.3 Å². The van der Waals surface area contributed by atoms with Crippen LogP contribution < -0.4 is 15.0 Å². The first-order valence-corrected chi connectivity index (χ1v) is 8.03. The number of hydrogen-bond donors (Lipinski definition) is 1. The number of ether oxygens (including phenoxy) is 1. The molecule has 0 spiro atoms. The van der Waals surface area contributed by atoms with Crippen molar-refractivity contribution in [2.75, 3.05) is 31.1 Å². The van der Waals surface area contributed by atoms with Crippen molar-refractivity contribution in [2.24, 2.45) is 0 Å². The standard InChI is InChI=1S/C17H19N5O2.ClH/c1-12-7-15-16(20-8-12)21-17(24-15)22-6-5-19-9-13(22)11-23-14-3-2-4-18-10-14;/h2-4,7-8,10,13,19H,5-6,9,11H2,1H3;1H. The molecule has 7 nitrogen and oxygen atoms in total. The van der Waals surface area contributed by atoms with E-state index in [-0.39, 0.29) is 18.4 Å². The summed E-state index contributed by atoms with van der Waals surface area (Å²) in [6, 6.07) is 6.46. The van der Waals surface area contributed by atoms with Crippen LogP contribution in [0.15, 0.2) is 41.2 Å². The summed E-state index contributed by atoms with van der Waals surface area (Å²) in [5.41, 5.74) is 2.42. The third-order valence-corrected chi connectivity index (χ3v) is 4.05. The van der Waals surface area contributed by atoms with Gasteiger partial charge in [-0.15, -0.1) is 12.4 Å². The Balaban J connectivity index is 0.00000182. The molecule has 132 valence electrons. The summed E-state index contributed by atoms with van der Waals surface area (Å²) in [5.74, 6) is 0.762. The van der Waals surface area contributed by atoms with Crippen LogP contribution in [0.25, 0.3) is 11.2 Å². The van der Waals surface area contributed by atoms with E-state index < -0.39 is 0 Å². The Morgan fingerprint density at radius 1 is 1.40 bits per heavy atom. The Bertz CT molecular complexity index is 826. The number of oxazole rings is 1. The van der Waals surface area contributed by atoms with Crippen LogP contribution in [0, 0.1) is 6.92 Å². The number of anilines is 1. The van der Waals surface area contributed by atoms with E-state index in [9.17, 15) is 0 Å². The second-order valence-electron chi connectivity index (χ2n) is 5.88. The van der Waals surface area contributed by atoms with Crippen molar-refractivity contribution in [1.82, 2.24) is 20.3 Å². The molecule has 8 heteroatoms. The van der Waals surface area contributed by atoms with E-state index in [4.69, 9.17) is 9.15 Å². The fraction of sp³-hybridized carbons (Fsp3) is 0.353. The van der Waals surface area contributed by atoms with E-state index in [0.717, 1.165) is 36.5 Å². The molecule has 0 aliphatic carbocycles. The lowest BCUT2D eigenvalue weighted by Gasteiger charge is -2.34. The Kier molecular flexibility index (Phi) is 5.35. The average Bonchev–Trinajstić information content (AvgIpc) is 3.04. The minimum atomic E-state index is 0. The highest BCUT2D eigenvalue weighted by atomic mass is 35.5. The van der Waals surface area contributed by atoms with E-state index in [1.165, 1.54) is 0 Å². The van der Waals surface area contributed by atoms with Crippen molar-refractivity contribution < 1.29 is 9.15 Å². The summed E-state index contributed by atoms with van der Waals surface area (Å²) in [7, 11) is 0. The summed E-state index contributed by atoms with van der Waals surface area (Å²) < 4.78 is 11.8. The SMILES string of the molecule is Cc1cnc2nc(N3CCNCC3COc3cccnc3)oc2c1.Cl. The number of nitrogens with one attached hydrogen (secondary N) is 1. The smallest absolute Gasteiger partial charge is 0.300 e. The molecule has 3 aromatic rings. The molecule has 4 heterocycles. The van der Waals surface area contributed by atoms with Crippen molar-refractivity contribution >= 4 is 29.7 Å². The molecular formula is C17H20ClN5O2. The van der Waals surface area contributed by atoms with Gasteiger partial charge in [0, 0.05) is 32.0 Å². The highest BCUT2D eigenvalue weighted by Crippen LogP contribution is 2.23. The summed E-state index contributed by atoms with van der Waals surface area (Å²) in [6.07, 6.45) is 5.25. The Morgan fingerprint density at radius 2 is 2.32 bits per heavy atom. The van der Waals surface area contributed by atoms with Crippen LogP contribution in [0.3, 0.4) is 0 Å². The number of rotatable bonds is 4. The lowest BCUT2D eigenvalue weighted by atomic mass is 10.2. The van der Waals surface area contributed by atoms with Crippen molar-refractivity contribution in [2.45, 2.75) is 13.0 Å². The largest absolute Gasteiger partial charge is 0.490 e. The normalized spacial score (nSPS) is 17.3. The first-order chi connectivity index (χ1) is 11.8. The number of aromatic nitrogens is 3. The molecule has 0 radical (unpaired) electrons. The highest BCUT2D eigenvalue weighted by molar-refractivity contribution is 5.85. The molecule has 1 aliphatic heterocycles. The van der Waals surface area contributed by atoms with Gasteiger partial charge in [-0.25, -0.2) is 4.98 Å². The molecular weight excluding hydrogens is 342 g/mol.